The fraction of sp³-hybridized carbons (Fsp3) is 0.235. The van der Waals surface area contributed by atoms with Crippen LogP contribution in [0, 0.1) is 15.9 Å². The van der Waals surface area contributed by atoms with Gasteiger partial charge in [-0.1, -0.05) is 18.2 Å². The Bertz CT molecular complexity index is 781. The van der Waals surface area contributed by atoms with Crippen LogP contribution >= 0.6 is 0 Å². The average Bonchev–Trinajstić information content (AvgIpc) is 2.60. The molecule has 0 fully saturated rings. The van der Waals surface area contributed by atoms with Crippen molar-refractivity contribution in [3.63, 3.8) is 0 Å². The number of carbonyl (C=O) groups is 1. The van der Waals surface area contributed by atoms with Crippen LogP contribution in [0.3, 0.4) is 0 Å². The Hall–Kier alpha value is -3.16. The summed E-state index contributed by atoms with van der Waals surface area (Å²) in [5, 5.41) is 10.6. The molecule has 0 aromatic heterocycles. The van der Waals surface area contributed by atoms with Crippen LogP contribution in [0.25, 0.3) is 0 Å². The van der Waals surface area contributed by atoms with Gasteiger partial charge in [-0.05, 0) is 12.1 Å². The molecule has 2 rings (SSSR count). The van der Waals surface area contributed by atoms with Gasteiger partial charge in [0.2, 0.25) is 0 Å². The van der Waals surface area contributed by atoms with E-state index in [0.717, 1.165) is 23.8 Å². The van der Waals surface area contributed by atoms with Crippen molar-refractivity contribution in [1.29, 1.82) is 0 Å². The minimum Gasteiger partial charge on any atom is -0.496 e. The number of para-hydroxylation sites is 1. The quantitative estimate of drug-likeness (QED) is 0.568. The molecule has 0 unspecified atom stereocenters. The zero-order valence-corrected chi connectivity index (χ0v) is 13.8. The van der Waals surface area contributed by atoms with Crippen molar-refractivity contribution in [2.45, 2.75) is 6.54 Å². The van der Waals surface area contributed by atoms with Crippen molar-refractivity contribution in [3.8, 4) is 11.5 Å². The summed E-state index contributed by atoms with van der Waals surface area (Å²) in [5.41, 5.74) is 0.437. The van der Waals surface area contributed by atoms with Crippen molar-refractivity contribution in [1.82, 2.24) is 4.90 Å². The first-order valence-electron chi connectivity index (χ1n) is 7.35. The van der Waals surface area contributed by atoms with Crippen molar-refractivity contribution in [3.05, 3.63) is 64.0 Å². The summed E-state index contributed by atoms with van der Waals surface area (Å²) in [6.45, 7) is -0.0880. The van der Waals surface area contributed by atoms with Crippen molar-refractivity contribution in [2.24, 2.45) is 0 Å². The van der Waals surface area contributed by atoms with Gasteiger partial charge in [0.25, 0.3) is 11.6 Å². The van der Waals surface area contributed by atoms with Crippen LogP contribution in [-0.2, 0) is 11.3 Å². The molecule has 0 spiro atoms. The largest absolute Gasteiger partial charge is 0.496 e. The van der Waals surface area contributed by atoms with E-state index >= 15 is 0 Å². The number of hydrogen-bond acceptors (Lipinski definition) is 5. The Kier molecular flexibility index (Phi) is 5.89. The summed E-state index contributed by atoms with van der Waals surface area (Å²) in [7, 11) is 3.13. The summed E-state index contributed by atoms with van der Waals surface area (Å²) in [4.78, 5) is 23.4. The molecule has 0 aliphatic carbocycles. The van der Waals surface area contributed by atoms with E-state index in [1.54, 1.807) is 20.2 Å². The highest BCUT2D eigenvalue weighted by atomic mass is 19.1. The van der Waals surface area contributed by atoms with Crippen LogP contribution < -0.4 is 9.47 Å². The van der Waals surface area contributed by atoms with E-state index in [9.17, 15) is 19.3 Å². The second-order valence-corrected chi connectivity index (χ2v) is 5.22. The molecule has 0 atom stereocenters. The lowest BCUT2D eigenvalue weighted by Crippen LogP contribution is -2.31. The molecule has 8 heteroatoms. The molecule has 0 N–H and O–H groups in total. The fourth-order valence-corrected chi connectivity index (χ4v) is 2.15. The molecule has 1 amide bonds. The summed E-state index contributed by atoms with van der Waals surface area (Å²) in [6, 6.07) is 10.3. The van der Waals surface area contributed by atoms with Crippen LogP contribution in [0.15, 0.2) is 42.5 Å². The predicted octanol–water partition coefficient (Wildman–Crippen LogP) is 2.78. The number of nitro benzene ring substituents is 1. The van der Waals surface area contributed by atoms with Gasteiger partial charge in [-0.2, -0.15) is 0 Å². The molecule has 25 heavy (non-hydrogen) atoms. The predicted molar refractivity (Wildman–Crippen MR) is 88.0 cm³/mol. The first kappa shape index (κ1) is 18.2. The van der Waals surface area contributed by atoms with Gasteiger partial charge >= 0.3 is 0 Å². The molecule has 0 bridgehead atoms. The Labute approximate surface area is 143 Å². The van der Waals surface area contributed by atoms with Crippen molar-refractivity contribution in [2.75, 3.05) is 20.8 Å². The van der Waals surface area contributed by atoms with Crippen molar-refractivity contribution >= 4 is 11.6 Å². The molecule has 0 aliphatic rings. The number of amides is 1. The minimum absolute atomic E-state index is 0.218. The molecule has 0 saturated heterocycles. The average molecular weight is 348 g/mol. The summed E-state index contributed by atoms with van der Waals surface area (Å²) in [6.07, 6.45) is 0. The maximum absolute atomic E-state index is 13.7. The van der Waals surface area contributed by atoms with Gasteiger partial charge < -0.3 is 14.4 Å². The van der Waals surface area contributed by atoms with E-state index in [1.165, 1.54) is 4.90 Å². The third kappa shape index (κ3) is 4.66. The SMILES string of the molecule is COc1ccccc1CN(C)C(=O)COc1ccc([N+](=O)[O-])cc1F. The Morgan fingerprint density at radius 3 is 2.60 bits per heavy atom. The molecular formula is C17H17FN2O5. The van der Waals surface area contributed by atoms with Gasteiger partial charge in [0, 0.05) is 25.2 Å². The number of methoxy groups -OCH3 is 1. The molecule has 0 radical (unpaired) electrons. The first-order chi connectivity index (χ1) is 11.9. The second kappa shape index (κ2) is 8.09. The summed E-state index contributed by atoms with van der Waals surface area (Å²) < 4.78 is 24.1. The lowest BCUT2D eigenvalue weighted by molar-refractivity contribution is -0.385. The maximum Gasteiger partial charge on any atom is 0.272 e. The second-order valence-electron chi connectivity index (χ2n) is 5.22. The van der Waals surface area contributed by atoms with Gasteiger partial charge in [0.1, 0.15) is 5.75 Å². The number of likely N-dealkylation sites (N-methyl/N-ethyl adjacent to an activating group) is 1. The summed E-state index contributed by atoms with van der Waals surface area (Å²) >= 11 is 0. The van der Waals surface area contributed by atoms with E-state index in [4.69, 9.17) is 9.47 Å². The Balaban J connectivity index is 1.96. The third-order valence-electron chi connectivity index (χ3n) is 3.50. The topological polar surface area (TPSA) is 81.9 Å². The smallest absolute Gasteiger partial charge is 0.272 e. The van der Waals surface area contributed by atoms with E-state index in [1.807, 2.05) is 18.2 Å². The molecule has 0 heterocycles. The van der Waals surface area contributed by atoms with Crippen LogP contribution in [0.5, 0.6) is 11.5 Å². The highest BCUT2D eigenvalue weighted by Crippen LogP contribution is 2.23. The fourth-order valence-electron chi connectivity index (χ4n) is 2.15. The number of nitrogens with zero attached hydrogens (tertiary/aromatic N) is 2. The first-order valence-corrected chi connectivity index (χ1v) is 7.35. The number of non-ortho nitro benzene ring substituents is 1. The number of rotatable bonds is 7. The van der Waals surface area contributed by atoms with Gasteiger partial charge in [0.15, 0.2) is 18.2 Å². The number of benzene rings is 2. The Morgan fingerprint density at radius 2 is 1.96 bits per heavy atom. The molecule has 7 nitrogen and oxygen atoms in total. The number of carbonyl (C=O) groups excluding carboxylic acids is 1. The molecular weight excluding hydrogens is 331 g/mol. The van der Waals surface area contributed by atoms with E-state index in [0.29, 0.717) is 12.3 Å². The number of hydrogen-bond donors (Lipinski definition) is 0. The van der Waals surface area contributed by atoms with Crippen LogP contribution in [0.4, 0.5) is 10.1 Å². The molecule has 0 saturated carbocycles. The third-order valence-corrected chi connectivity index (χ3v) is 3.50. The van der Waals surface area contributed by atoms with E-state index in [-0.39, 0.29) is 24.0 Å². The van der Waals surface area contributed by atoms with Gasteiger partial charge in [-0.15, -0.1) is 0 Å². The highest BCUT2D eigenvalue weighted by Gasteiger charge is 2.15. The minimum atomic E-state index is -0.894. The Morgan fingerprint density at radius 1 is 1.24 bits per heavy atom. The number of nitro groups is 1. The van der Waals surface area contributed by atoms with E-state index in [2.05, 4.69) is 0 Å². The number of halogens is 1. The maximum atomic E-state index is 13.7. The monoisotopic (exact) mass is 348 g/mol. The van der Waals surface area contributed by atoms with E-state index < -0.39 is 10.7 Å². The molecule has 0 aliphatic heterocycles. The van der Waals surface area contributed by atoms with Crippen molar-refractivity contribution < 1.29 is 23.6 Å². The molecule has 132 valence electrons. The standard InChI is InChI=1S/C17H17FN2O5/c1-19(10-12-5-3-4-6-15(12)24-2)17(21)11-25-16-8-7-13(20(22)23)9-14(16)18/h3-9H,10-11H2,1-2H3. The van der Waals surface area contributed by atoms with Crippen LogP contribution in [0.2, 0.25) is 0 Å². The lowest BCUT2D eigenvalue weighted by atomic mass is 10.2. The van der Waals surface area contributed by atoms with Gasteiger partial charge in [0.05, 0.1) is 18.1 Å². The van der Waals surface area contributed by atoms with Crippen LogP contribution in [-0.4, -0.2) is 36.5 Å². The summed E-state index contributed by atoms with van der Waals surface area (Å²) in [5.74, 6) is -0.827. The van der Waals surface area contributed by atoms with Gasteiger partial charge in [-0.3, -0.25) is 14.9 Å². The van der Waals surface area contributed by atoms with Gasteiger partial charge in [-0.25, -0.2) is 4.39 Å². The zero-order valence-electron chi connectivity index (χ0n) is 13.8. The molecule has 2 aromatic rings. The number of ether oxygens (including phenoxy) is 2. The zero-order chi connectivity index (χ0) is 18.4. The molecule has 2 aromatic carbocycles. The highest BCUT2D eigenvalue weighted by molar-refractivity contribution is 5.77. The van der Waals surface area contributed by atoms with Crippen LogP contribution in [0.1, 0.15) is 5.56 Å². The normalized spacial score (nSPS) is 10.2. The lowest BCUT2D eigenvalue weighted by Gasteiger charge is -2.19.